The van der Waals surface area contributed by atoms with E-state index in [0.29, 0.717) is 5.41 Å². The van der Waals surface area contributed by atoms with Crippen molar-refractivity contribution in [3.8, 4) is 0 Å². The summed E-state index contributed by atoms with van der Waals surface area (Å²) in [6.07, 6.45) is 15.9. The van der Waals surface area contributed by atoms with E-state index in [1.54, 1.807) is 35.9 Å². The SMILES string of the molecule is CC(C)(C)[C]([Zr+3])(C1=CC=CC1)C1=CC=CC1.[Cl-].[Cl-].[Cl-]. The van der Waals surface area contributed by atoms with Gasteiger partial charge >= 0.3 is 114 Å². The smallest absolute Gasteiger partial charge is 1.00 e. The van der Waals surface area contributed by atoms with Crippen molar-refractivity contribution in [2.24, 2.45) is 5.41 Å². The summed E-state index contributed by atoms with van der Waals surface area (Å²) in [4.78, 5) is 0. The van der Waals surface area contributed by atoms with E-state index >= 15 is 0 Å². The minimum absolute atomic E-state index is 0. The van der Waals surface area contributed by atoms with Crippen molar-refractivity contribution >= 4 is 0 Å². The van der Waals surface area contributed by atoms with E-state index in [1.807, 2.05) is 0 Å². The molecule has 0 aromatic rings. The number of hydrogen-bond donors (Lipinski definition) is 0. The fraction of sp³-hybridized carbons (Fsp3) is 0.467. The molecule has 104 valence electrons. The number of rotatable bonds is 2. The zero-order chi connectivity index (χ0) is 11.8. The Kier molecular flexibility index (Phi) is 9.53. The fourth-order valence-corrected chi connectivity index (χ4v) is 3.53. The topological polar surface area (TPSA) is 0 Å². The molecule has 0 bridgehead atoms. The van der Waals surface area contributed by atoms with E-state index in [2.05, 4.69) is 57.2 Å². The zero-order valence-corrected chi connectivity index (χ0v) is 16.2. The second-order valence-corrected chi connectivity index (χ2v) is 7.49. The van der Waals surface area contributed by atoms with E-state index in [4.69, 9.17) is 0 Å². The Morgan fingerprint density at radius 3 is 1.42 bits per heavy atom. The fourth-order valence-electron chi connectivity index (χ4n) is 2.62. The quantitative estimate of drug-likeness (QED) is 0.442. The molecule has 0 spiro atoms. The molecule has 0 radical (unpaired) electrons. The van der Waals surface area contributed by atoms with Crippen LogP contribution in [0.5, 0.6) is 0 Å². The standard InChI is InChI=1S/C15H19.3ClH.Zr/c1-15(2,3)14(12-8-4-5-9-12)13-10-6-7-11-13;;;;/h4-8,10H,9,11H2,1-3H3;3*1H;/q;;;;+3/p-3. The maximum atomic E-state index is 2.38. The number of halogens is 3. The molecule has 0 atom stereocenters. The number of allylic oxidation sites excluding steroid dienone is 8. The van der Waals surface area contributed by atoms with Crippen LogP contribution in [-0.2, 0) is 24.7 Å². The average molecular weight is 397 g/mol. The molecule has 0 aliphatic heterocycles. The molecule has 4 heteroatoms. The molecule has 0 N–H and O–H groups in total. The van der Waals surface area contributed by atoms with Crippen LogP contribution in [-0.4, -0.2) is 0 Å². The van der Waals surface area contributed by atoms with Crippen molar-refractivity contribution in [3.05, 3.63) is 47.6 Å². The molecule has 2 aliphatic carbocycles. The van der Waals surface area contributed by atoms with Crippen LogP contribution in [0.2, 0.25) is 3.12 Å². The van der Waals surface area contributed by atoms with Crippen LogP contribution in [0.1, 0.15) is 33.6 Å². The van der Waals surface area contributed by atoms with Crippen LogP contribution in [0.15, 0.2) is 47.6 Å². The van der Waals surface area contributed by atoms with Crippen LogP contribution in [0.25, 0.3) is 0 Å². The zero-order valence-electron chi connectivity index (χ0n) is 11.5. The molecule has 2 rings (SSSR count). The van der Waals surface area contributed by atoms with Gasteiger partial charge in [0.2, 0.25) is 0 Å². The first-order valence-corrected chi connectivity index (χ1v) is 7.16. The summed E-state index contributed by atoms with van der Waals surface area (Å²) in [6, 6.07) is 0. The Hall–Kier alpha value is 0.713. The maximum absolute atomic E-state index is 2.38. The van der Waals surface area contributed by atoms with Crippen molar-refractivity contribution < 1.29 is 61.9 Å². The van der Waals surface area contributed by atoms with E-state index in [-0.39, 0.29) is 40.3 Å². The molecular formula is C15H19Cl3Zr. The minimum Gasteiger partial charge on any atom is -1.00 e. The Labute approximate surface area is 151 Å². The van der Waals surface area contributed by atoms with Gasteiger partial charge in [-0.2, -0.15) is 0 Å². The van der Waals surface area contributed by atoms with Gasteiger partial charge in [-0.15, -0.1) is 0 Å². The number of hydrogen-bond acceptors (Lipinski definition) is 0. The van der Waals surface area contributed by atoms with Gasteiger partial charge in [-0.3, -0.25) is 0 Å². The molecule has 0 unspecified atom stereocenters. The largest absolute Gasteiger partial charge is 1.00 e. The monoisotopic (exact) mass is 394 g/mol. The van der Waals surface area contributed by atoms with Crippen LogP contribution in [0.3, 0.4) is 0 Å². The Morgan fingerprint density at radius 1 is 0.842 bits per heavy atom. The van der Waals surface area contributed by atoms with Crippen molar-refractivity contribution in [2.75, 3.05) is 0 Å². The molecule has 0 aromatic heterocycles. The summed E-state index contributed by atoms with van der Waals surface area (Å²) in [6.45, 7) is 7.12. The molecule has 0 aromatic carbocycles. The third-order valence-electron chi connectivity index (χ3n) is 3.63. The van der Waals surface area contributed by atoms with Gasteiger partial charge in [0, 0.05) is 0 Å². The molecule has 0 amide bonds. The summed E-state index contributed by atoms with van der Waals surface area (Å²) in [5, 5.41) is 0. The second-order valence-electron chi connectivity index (χ2n) is 5.65. The van der Waals surface area contributed by atoms with Crippen molar-refractivity contribution in [1.82, 2.24) is 0 Å². The third-order valence-corrected chi connectivity index (χ3v) is 7.05. The third kappa shape index (κ3) is 4.10. The van der Waals surface area contributed by atoms with Crippen molar-refractivity contribution in [2.45, 2.75) is 36.7 Å². The van der Waals surface area contributed by atoms with Gasteiger partial charge in [0.1, 0.15) is 0 Å². The van der Waals surface area contributed by atoms with E-state index < -0.39 is 0 Å². The van der Waals surface area contributed by atoms with Crippen LogP contribution in [0, 0.1) is 5.41 Å². The van der Waals surface area contributed by atoms with Gasteiger partial charge in [0.25, 0.3) is 0 Å². The first-order chi connectivity index (χ1) is 7.46. The predicted octanol–water partition coefficient (Wildman–Crippen LogP) is -4.48. The van der Waals surface area contributed by atoms with Gasteiger partial charge in [-0.25, -0.2) is 0 Å². The first-order valence-electron chi connectivity index (χ1n) is 5.93. The molecule has 0 saturated carbocycles. The second kappa shape index (κ2) is 8.23. The molecule has 0 fully saturated rings. The summed E-state index contributed by atoms with van der Waals surface area (Å²) in [5.74, 6) is 0. The Morgan fingerprint density at radius 2 is 1.21 bits per heavy atom. The summed E-state index contributed by atoms with van der Waals surface area (Å²) in [7, 11) is 0. The van der Waals surface area contributed by atoms with Gasteiger partial charge < -0.3 is 37.2 Å². The normalized spacial score (nSPS) is 17.1. The van der Waals surface area contributed by atoms with Crippen LogP contribution in [0.4, 0.5) is 0 Å². The van der Waals surface area contributed by atoms with Gasteiger partial charge in [-0.05, 0) is 0 Å². The van der Waals surface area contributed by atoms with Crippen LogP contribution < -0.4 is 37.2 Å². The Bertz CT molecular complexity index is 382. The van der Waals surface area contributed by atoms with E-state index in [9.17, 15) is 0 Å². The first kappa shape index (κ1) is 22.0. The average Bonchev–Trinajstić information content (AvgIpc) is 2.88. The molecule has 0 heterocycles. The van der Waals surface area contributed by atoms with Gasteiger partial charge in [0.15, 0.2) is 0 Å². The van der Waals surface area contributed by atoms with E-state index in [1.165, 1.54) is 0 Å². The summed E-state index contributed by atoms with van der Waals surface area (Å²) < 4.78 is 0.284. The summed E-state index contributed by atoms with van der Waals surface area (Å²) in [5.41, 5.74) is 3.52. The summed E-state index contributed by atoms with van der Waals surface area (Å²) >= 11 is 1.62. The minimum atomic E-state index is 0. The molecular weight excluding hydrogens is 378 g/mol. The van der Waals surface area contributed by atoms with Gasteiger partial charge in [-0.1, -0.05) is 0 Å². The van der Waals surface area contributed by atoms with Gasteiger partial charge in [0.05, 0.1) is 0 Å². The predicted molar refractivity (Wildman–Crippen MR) is 65.8 cm³/mol. The molecule has 19 heavy (non-hydrogen) atoms. The molecule has 0 nitrogen and oxygen atoms in total. The maximum Gasteiger partial charge on any atom is -1.00 e. The van der Waals surface area contributed by atoms with Crippen molar-refractivity contribution in [1.29, 1.82) is 0 Å². The molecule has 2 aliphatic rings. The Balaban J connectivity index is 0. The van der Waals surface area contributed by atoms with Crippen molar-refractivity contribution in [3.63, 3.8) is 0 Å². The van der Waals surface area contributed by atoms with Crippen LogP contribution >= 0.6 is 0 Å². The van der Waals surface area contributed by atoms with E-state index in [0.717, 1.165) is 12.8 Å². The molecule has 0 saturated heterocycles.